The SMILES string of the molecule is CCCCCCn1cc(COCCOCCOCCOCCOCCOCCNC(=O)COC)nn1. The van der Waals surface area contributed by atoms with Gasteiger partial charge in [-0.3, -0.25) is 9.48 Å². The largest absolute Gasteiger partial charge is 0.377 e. The molecule has 0 saturated heterocycles. The molecule has 210 valence electrons. The van der Waals surface area contributed by atoms with Crippen molar-refractivity contribution in [3.63, 3.8) is 0 Å². The minimum atomic E-state index is -0.155. The number of aryl methyl sites for hydroxylation is 1. The summed E-state index contributed by atoms with van der Waals surface area (Å²) in [4.78, 5) is 11.1. The normalized spacial score (nSPS) is 11.3. The predicted molar refractivity (Wildman–Crippen MR) is 133 cm³/mol. The van der Waals surface area contributed by atoms with Gasteiger partial charge in [0.15, 0.2) is 0 Å². The second-order valence-electron chi connectivity index (χ2n) is 7.93. The van der Waals surface area contributed by atoms with E-state index < -0.39 is 0 Å². The van der Waals surface area contributed by atoms with Gasteiger partial charge in [0.1, 0.15) is 12.3 Å². The molecule has 0 aromatic carbocycles. The van der Waals surface area contributed by atoms with Crippen LogP contribution in [0.5, 0.6) is 0 Å². The van der Waals surface area contributed by atoms with Gasteiger partial charge in [0, 0.05) is 20.2 Å². The summed E-state index contributed by atoms with van der Waals surface area (Å²) >= 11 is 0. The summed E-state index contributed by atoms with van der Waals surface area (Å²) in [6.07, 6.45) is 6.79. The molecule has 0 unspecified atom stereocenters. The first-order valence-electron chi connectivity index (χ1n) is 12.9. The quantitative estimate of drug-likeness (QED) is 0.170. The van der Waals surface area contributed by atoms with Crippen LogP contribution in [0.3, 0.4) is 0 Å². The molecule has 1 aromatic heterocycles. The molecule has 0 spiro atoms. The molecule has 0 atom stereocenters. The van der Waals surface area contributed by atoms with Crippen LogP contribution in [-0.2, 0) is 51.1 Å². The topological polar surface area (TPSA) is 124 Å². The average molecular weight is 519 g/mol. The molecule has 1 N–H and O–H groups in total. The molecule has 1 aromatic rings. The lowest BCUT2D eigenvalue weighted by Gasteiger charge is -2.08. The van der Waals surface area contributed by atoms with Crippen LogP contribution in [-0.4, -0.2) is 114 Å². The Kier molecular flexibility index (Phi) is 22.5. The van der Waals surface area contributed by atoms with E-state index in [0.29, 0.717) is 85.8 Å². The molecule has 0 aliphatic rings. The molecule has 1 amide bonds. The second-order valence-corrected chi connectivity index (χ2v) is 7.93. The highest BCUT2D eigenvalue weighted by Gasteiger charge is 2.01. The van der Waals surface area contributed by atoms with Gasteiger partial charge in [0.25, 0.3) is 0 Å². The van der Waals surface area contributed by atoms with Crippen LogP contribution in [0, 0.1) is 0 Å². The van der Waals surface area contributed by atoms with Crippen LogP contribution >= 0.6 is 0 Å². The molecule has 0 aliphatic carbocycles. The molecule has 0 bridgehead atoms. The molecule has 0 aliphatic heterocycles. The minimum Gasteiger partial charge on any atom is -0.377 e. The third-order valence-corrected chi connectivity index (χ3v) is 4.78. The zero-order valence-corrected chi connectivity index (χ0v) is 22.1. The number of unbranched alkanes of at least 4 members (excludes halogenated alkanes) is 3. The zero-order valence-electron chi connectivity index (χ0n) is 22.1. The summed E-state index contributed by atoms with van der Waals surface area (Å²) in [5.41, 5.74) is 0.841. The van der Waals surface area contributed by atoms with Gasteiger partial charge in [-0.1, -0.05) is 31.4 Å². The van der Waals surface area contributed by atoms with Crippen molar-refractivity contribution in [3.8, 4) is 0 Å². The van der Waals surface area contributed by atoms with Crippen molar-refractivity contribution in [2.75, 3.05) is 92.9 Å². The van der Waals surface area contributed by atoms with Crippen LogP contribution in [0.4, 0.5) is 0 Å². The Morgan fingerprint density at radius 3 is 1.92 bits per heavy atom. The fourth-order valence-electron chi connectivity index (χ4n) is 2.94. The lowest BCUT2D eigenvalue weighted by molar-refractivity contribution is -0.125. The van der Waals surface area contributed by atoms with E-state index in [2.05, 4.69) is 22.6 Å². The van der Waals surface area contributed by atoms with Crippen molar-refractivity contribution in [3.05, 3.63) is 11.9 Å². The summed E-state index contributed by atoms with van der Waals surface area (Å²) < 4.78 is 39.3. The number of aromatic nitrogens is 3. The van der Waals surface area contributed by atoms with E-state index in [9.17, 15) is 4.79 Å². The smallest absolute Gasteiger partial charge is 0.246 e. The molecule has 0 saturated carbocycles. The van der Waals surface area contributed by atoms with Gasteiger partial charge in [0.05, 0.1) is 85.5 Å². The van der Waals surface area contributed by atoms with Gasteiger partial charge < -0.3 is 38.5 Å². The van der Waals surface area contributed by atoms with E-state index >= 15 is 0 Å². The van der Waals surface area contributed by atoms with Gasteiger partial charge in [0.2, 0.25) is 5.91 Å². The third-order valence-electron chi connectivity index (χ3n) is 4.78. The molecule has 12 heteroatoms. The summed E-state index contributed by atoms with van der Waals surface area (Å²) in [7, 11) is 1.48. The number of hydrogen-bond donors (Lipinski definition) is 1. The molecule has 1 heterocycles. The predicted octanol–water partition coefficient (Wildman–Crippen LogP) is 1.22. The van der Waals surface area contributed by atoms with E-state index in [1.807, 2.05) is 10.9 Å². The number of carbonyl (C=O) groups excluding carboxylic acids is 1. The summed E-state index contributed by atoms with van der Waals surface area (Å²) in [5.74, 6) is -0.155. The fraction of sp³-hybridized carbons (Fsp3) is 0.875. The molecule has 1 rings (SSSR count). The summed E-state index contributed by atoms with van der Waals surface area (Å²) in [6, 6.07) is 0. The Morgan fingerprint density at radius 2 is 1.36 bits per heavy atom. The zero-order chi connectivity index (χ0) is 25.9. The van der Waals surface area contributed by atoms with Crippen LogP contribution in [0.25, 0.3) is 0 Å². The number of nitrogens with zero attached hydrogens (tertiary/aromatic N) is 3. The van der Waals surface area contributed by atoms with Crippen molar-refractivity contribution < 1.29 is 38.0 Å². The van der Waals surface area contributed by atoms with E-state index in [1.54, 1.807) is 0 Å². The highest BCUT2D eigenvalue weighted by atomic mass is 16.6. The van der Waals surface area contributed by atoms with E-state index in [-0.39, 0.29) is 12.5 Å². The van der Waals surface area contributed by atoms with Gasteiger partial charge in [-0.05, 0) is 6.42 Å². The maximum atomic E-state index is 11.1. The number of methoxy groups -OCH3 is 1. The Balaban J connectivity index is 1.74. The minimum absolute atomic E-state index is 0.0593. The van der Waals surface area contributed by atoms with E-state index in [1.165, 1.54) is 26.4 Å². The lowest BCUT2D eigenvalue weighted by atomic mass is 10.2. The Labute approximate surface area is 215 Å². The van der Waals surface area contributed by atoms with Crippen LogP contribution in [0.2, 0.25) is 0 Å². The number of hydrogen-bond acceptors (Lipinski definition) is 10. The maximum Gasteiger partial charge on any atom is 0.246 e. The summed E-state index contributed by atoms with van der Waals surface area (Å²) in [5, 5.41) is 10.9. The van der Waals surface area contributed by atoms with Crippen LogP contribution < -0.4 is 5.32 Å². The van der Waals surface area contributed by atoms with Crippen LogP contribution in [0.1, 0.15) is 38.3 Å². The van der Waals surface area contributed by atoms with Crippen molar-refractivity contribution in [1.29, 1.82) is 0 Å². The number of carbonyl (C=O) groups is 1. The number of rotatable bonds is 27. The van der Waals surface area contributed by atoms with Gasteiger partial charge in [-0.25, -0.2) is 0 Å². The third kappa shape index (κ3) is 20.5. The number of nitrogens with one attached hydrogen (secondary N) is 1. The molecule has 0 fully saturated rings. The first-order valence-corrected chi connectivity index (χ1v) is 12.9. The first kappa shape index (κ1) is 32.4. The van der Waals surface area contributed by atoms with Gasteiger partial charge in [-0.2, -0.15) is 0 Å². The number of amides is 1. The fourth-order valence-corrected chi connectivity index (χ4v) is 2.94. The highest BCUT2D eigenvalue weighted by Crippen LogP contribution is 2.02. The average Bonchev–Trinajstić information content (AvgIpc) is 3.33. The maximum absolute atomic E-state index is 11.1. The van der Waals surface area contributed by atoms with Crippen molar-refractivity contribution in [1.82, 2.24) is 20.3 Å². The molecular formula is C24H46N4O8. The second kappa shape index (κ2) is 25.0. The number of ether oxygens (including phenoxy) is 7. The van der Waals surface area contributed by atoms with Crippen molar-refractivity contribution in [2.45, 2.75) is 45.8 Å². The van der Waals surface area contributed by atoms with Crippen molar-refractivity contribution in [2.24, 2.45) is 0 Å². The molecule has 12 nitrogen and oxygen atoms in total. The highest BCUT2D eigenvalue weighted by molar-refractivity contribution is 5.77. The lowest BCUT2D eigenvalue weighted by Crippen LogP contribution is -2.30. The van der Waals surface area contributed by atoms with E-state index in [0.717, 1.165) is 18.7 Å². The molecule has 0 radical (unpaired) electrons. The Bertz CT molecular complexity index is 621. The van der Waals surface area contributed by atoms with Gasteiger partial charge in [-0.15, -0.1) is 5.10 Å². The molecule has 36 heavy (non-hydrogen) atoms. The van der Waals surface area contributed by atoms with Crippen LogP contribution in [0.15, 0.2) is 6.20 Å². The first-order chi connectivity index (χ1) is 17.8. The van der Waals surface area contributed by atoms with Crippen molar-refractivity contribution >= 4 is 5.91 Å². The summed E-state index contributed by atoms with van der Waals surface area (Å²) in [6.45, 7) is 9.48. The van der Waals surface area contributed by atoms with E-state index in [4.69, 9.17) is 33.2 Å². The Hall–Kier alpha value is -1.67. The Morgan fingerprint density at radius 1 is 0.806 bits per heavy atom. The molecular weight excluding hydrogens is 472 g/mol. The monoisotopic (exact) mass is 518 g/mol. The standard InChI is InChI=1S/C24H46N4O8/c1-3-4-5-6-8-28-20-23(26-27-28)21-36-19-18-35-17-16-34-15-14-33-13-12-32-11-10-31-9-7-25-24(29)22-30-2/h20H,3-19,21-22H2,1-2H3,(H,25,29). The van der Waals surface area contributed by atoms with Gasteiger partial charge >= 0.3 is 0 Å².